The minimum Gasteiger partial charge on any atom is -0.468 e. The highest BCUT2D eigenvalue weighted by Crippen LogP contribution is 2.37. The maximum Gasteiger partial charge on any atom is 0.315 e. The maximum absolute atomic E-state index is 12.5. The van der Waals surface area contributed by atoms with Crippen LogP contribution >= 0.6 is 22.6 Å². The Morgan fingerprint density at radius 3 is 2.31 bits per heavy atom. The third-order valence-corrected chi connectivity index (χ3v) is 10.9. The van der Waals surface area contributed by atoms with Crippen molar-refractivity contribution < 1.29 is 14.0 Å². The number of benzene rings is 1. The first-order valence-corrected chi connectivity index (χ1v) is 13.4. The van der Waals surface area contributed by atoms with Gasteiger partial charge in [0.2, 0.25) is 0 Å². The summed E-state index contributed by atoms with van der Waals surface area (Å²) in [6.07, 6.45) is 3.87. The van der Waals surface area contributed by atoms with Gasteiger partial charge in [-0.1, -0.05) is 45.7 Å². The van der Waals surface area contributed by atoms with Crippen LogP contribution in [-0.4, -0.2) is 28.0 Å². The van der Waals surface area contributed by atoms with Gasteiger partial charge in [0.25, 0.3) is 0 Å². The molecule has 1 unspecified atom stereocenters. The number of rotatable bonds is 9. The second-order valence-corrected chi connectivity index (χ2v) is 14.8. The smallest absolute Gasteiger partial charge is 0.315 e. The maximum atomic E-state index is 12.5. The molecule has 0 bridgehead atoms. The van der Waals surface area contributed by atoms with Crippen molar-refractivity contribution in [2.24, 2.45) is 0 Å². The van der Waals surface area contributed by atoms with Crippen LogP contribution in [0.2, 0.25) is 18.1 Å². The molecule has 0 aromatic heterocycles. The Morgan fingerprint density at radius 1 is 1.12 bits per heavy atom. The fourth-order valence-electron chi connectivity index (χ4n) is 2.72. The van der Waals surface area contributed by atoms with Gasteiger partial charge >= 0.3 is 5.97 Å². The van der Waals surface area contributed by atoms with Gasteiger partial charge < -0.3 is 9.16 Å². The summed E-state index contributed by atoms with van der Waals surface area (Å²) in [6.45, 7) is 14.2. The van der Waals surface area contributed by atoms with Crippen LogP contribution in [0.1, 0.15) is 58.9 Å². The average molecular weight is 490 g/mol. The van der Waals surface area contributed by atoms with E-state index in [1.165, 1.54) is 7.11 Å². The Morgan fingerprint density at radius 2 is 1.77 bits per heavy atom. The monoisotopic (exact) mass is 490 g/mol. The number of hydrogen-bond donors (Lipinski definition) is 0. The second kappa shape index (κ2) is 9.69. The molecule has 26 heavy (non-hydrogen) atoms. The molecule has 0 N–H and O–H groups in total. The normalized spacial score (nSPS) is 14.8. The first kappa shape index (κ1) is 23.6. The van der Waals surface area contributed by atoms with Crippen molar-refractivity contribution in [1.29, 1.82) is 0 Å². The zero-order valence-corrected chi connectivity index (χ0v) is 20.6. The first-order valence-electron chi connectivity index (χ1n) is 9.42. The first-order chi connectivity index (χ1) is 11.9. The minimum absolute atomic E-state index is 0.156. The van der Waals surface area contributed by atoms with E-state index >= 15 is 0 Å². The van der Waals surface area contributed by atoms with Crippen LogP contribution in [0.4, 0.5) is 0 Å². The standard InChI is InChI=1S/C21H35IO3Si/c1-20(2,3)26(6,7)25-15-10-8-9-14-21(4,19(23)24-5)17-12-11-13-18(22)16-17/h11-13,16H,8-10,14-15H2,1-7H3. The summed E-state index contributed by atoms with van der Waals surface area (Å²) in [5, 5.41) is 0.251. The predicted molar refractivity (Wildman–Crippen MR) is 120 cm³/mol. The van der Waals surface area contributed by atoms with Gasteiger partial charge in [-0.15, -0.1) is 0 Å². The van der Waals surface area contributed by atoms with Crippen LogP contribution < -0.4 is 0 Å². The summed E-state index contributed by atoms with van der Waals surface area (Å²) in [5.74, 6) is -0.156. The van der Waals surface area contributed by atoms with Crippen molar-refractivity contribution in [1.82, 2.24) is 0 Å². The molecule has 3 nitrogen and oxygen atoms in total. The van der Waals surface area contributed by atoms with E-state index in [0.29, 0.717) is 0 Å². The van der Waals surface area contributed by atoms with Gasteiger partial charge in [0, 0.05) is 10.2 Å². The molecule has 0 spiro atoms. The van der Waals surface area contributed by atoms with Crippen LogP contribution in [-0.2, 0) is 19.4 Å². The number of methoxy groups -OCH3 is 1. The third kappa shape index (κ3) is 6.34. The summed E-state index contributed by atoms with van der Waals surface area (Å²) in [4.78, 5) is 12.5. The lowest BCUT2D eigenvalue weighted by Gasteiger charge is -2.36. The summed E-state index contributed by atoms with van der Waals surface area (Å²) in [5.41, 5.74) is 0.449. The molecule has 1 atom stereocenters. The van der Waals surface area contributed by atoms with Crippen LogP contribution in [0.3, 0.4) is 0 Å². The van der Waals surface area contributed by atoms with E-state index in [4.69, 9.17) is 9.16 Å². The summed E-state index contributed by atoms with van der Waals surface area (Å²) in [7, 11) is -0.186. The van der Waals surface area contributed by atoms with Crippen molar-refractivity contribution in [2.75, 3.05) is 13.7 Å². The molecule has 0 aliphatic carbocycles. The average Bonchev–Trinajstić information content (AvgIpc) is 2.55. The van der Waals surface area contributed by atoms with Crippen LogP contribution in [0.15, 0.2) is 24.3 Å². The Balaban J connectivity index is 2.58. The van der Waals surface area contributed by atoms with Crippen LogP contribution in [0.5, 0.6) is 0 Å². The molecule has 0 radical (unpaired) electrons. The summed E-state index contributed by atoms with van der Waals surface area (Å²) in [6, 6.07) is 8.16. The fourth-order valence-corrected chi connectivity index (χ4v) is 4.35. The molecule has 0 saturated carbocycles. The van der Waals surface area contributed by atoms with Gasteiger partial charge in [0.1, 0.15) is 0 Å². The van der Waals surface area contributed by atoms with E-state index in [2.05, 4.69) is 62.5 Å². The van der Waals surface area contributed by atoms with Crippen molar-refractivity contribution in [3.8, 4) is 0 Å². The molecule has 1 aromatic rings. The number of esters is 1. The molecule has 0 amide bonds. The molecule has 0 aliphatic rings. The molecular weight excluding hydrogens is 455 g/mol. The molecular formula is C21H35IO3Si. The Kier molecular flexibility index (Phi) is 8.81. The minimum atomic E-state index is -1.66. The largest absolute Gasteiger partial charge is 0.468 e. The lowest BCUT2D eigenvalue weighted by atomic mass is 9.78. The van der Waals surface area contributed by atoms with Crippen molar-refractivity contribution in [3.63, 3.8) is 0 Å². The topological polar surface area (TPSA) is 35.5 Å². The number of hydrogen-bond acceptors (Lipinski definition) is 3. The van der Waals surface area contributed by atoms with Crippen molar-refractivity contribution in [2.45, 2.75) is 76.9 Å². The third-order valence-electron chi connectivity index (χ3n) is 5.69. The molecule has 1 rings (SSSR count). The highest BCUT2D eigenvalue weighted by atomic mass is 127. The summed E-state index contributed by atoms with van der Waals surface area (Å²) >= 11 is 2.29. The van der Waals surface area contributed by atoms with Crippen molar-refractivity contribution >= 4 is 36.9 Å². The molecule has 148 valence electrons. The molecule has 0 saturated heterocycles. The van der Waals surface area contributed by atoms with E-state index in [1.807, 2.05) is 25.1 Å². The summed E-state index contributed by atoms with van der Waals surface area (Å²) < 4.78 is 12.5. The van der Waals surface area contributed by atoms with E-state index in [1.54, 1.807) is 0 Å². The second-order valence-electron chi connectivity index (χ2n) is 8.75. The van der Waals surface area contributed by atoms with Gasteiger partial charge in [-0.3, -0.25) is 4.79 Å². The predicted octanol–water partition coefficient (Wildman–Crippen LogP) is 6.30. The molecule has 1 aromatic carbocycles. The molecule has 0 heterocycles. The zero-order valence-electron chi connectivity index (χ0n) is 17.4. The van der Waals surface area contributed by atoms with Crippen LogP contribution in [0, 0.1) is 3.57 Å². The number of unbranched alkanes of at least 4 members (excludes halogenated alkanes) is 2. The van der Waals surface area contributed by atoms with Gasteiger partial charge in [0.05, 0.1) is 12.5 Å². The Labute approximate surface area is 174 Å². The van der Waals surface area contributed by atoms with E-state index in [0.717, 1.165) is 41.4 Å². The quantitative estimate of drug-likeness (QED) is 0.176. The number of halogens is 1. The van der Waals surface area contributed by atoms with Gasteiger partial charge in [0.15, 0.2) is 8.32 Å². The number of carbonyl (C=O) groups is 1. The zero-order chi connectivity index (χ0) is 20.0. The highest BCUT2D eigenvalue weighted by molar-refractivity contribution is 14.1. The number of carbonyl (C=O) groups excluding carboxylic acids is 1. The Hall–Kier alpha value is -0.403. The van der Waals surface area contributed by atoms with Gasteiger partial charge in [-0.05, 0) is 78.2 Å². The fraction of sp³-hybridized carbons (Fsp3) is 0.667. The number of ether oxygens (including phenoxy) is 1. The van der Waals surface area contributed by atoms with Gasteiger partial charge in [-0.2, -0.15) is 0 Å². The highest BCUT2D eigenvalue weighted by Gasteiger charge is 2.37. The van der Waals surface area contributed by atoms with E-state index in [9.17, 15) is 4.79 Å². The lowest BCUT2D eigenvalue weighted by Crippen LogP contribution is -2.40. The van der Waals surface area contributed by atoms with Gasteiger partial charge in [-0.25, -0.2) is 0 Å². The SMILES string of the molecule is COC(=O)C(C)(CCCCCO[Si](C)(C)C(C)(C)C)c1cccc(I)c1. The molecule has 0 fully saturated rings. The molecule has 0 aliphatic heterocycles. The van der Waals surface area contributed by atoms with E-state index < -0.39 is 13.7 Å². The lowest BCUT2D eigenvalue weighted by molar-refractivity contribution is -0.147. The Bertz CT molecular complexity index is 595. The molecule has 5 heteroatoms. The van der Waals surface area contributed by atoms with Crippen molar-refractivity contribution in [3.05, 3.63) is 33.4 Å². The van der Waals surface area contributed by atoms with E-state index in [-0.39, 0.29) is 11.0 Å². The van der Waals surface area contributed by atoms with Crippen LogP contribution in [0.25, 0.3) is 0 Å².